The number of Topliss-reactive ketones (excluding diaryl/α,β-unsaturated/α-hetero) is 1. The molecule has 0 radical (unpaired) electrons. The van der Waals surface area contributed by atoms with Gasteiger partial charge in [-0.15, -0.1) is 0 Å². The number of halogens is 1. The van der Waals surface area contributed by atoms with E-state index in [0.29, 0.717) is 11.5 Å². The van der Waals surface area contributed by atoms with E-state index in [9.17, 15) is 9.59 Å². The van der Waals surface area contributed by atoms with Crippen LogP contribution in [0.1, 0.15) is 31.1 Å². The number of carbonyl (C=O) groups excluding carboxylic acids is 2. The summed E-state index contributed by atoms with van der Waals surface area (Å²) in [7, 11) is 2.90. The monoisotopic (exact) mass is 314 g/mol. The SMILES string of the molecule is CCOC(=O)C(C)(C)C(=O)c1cc(Cl)c(OC)c(OC)c1. The molecule has 21 heavy (non-hydrogen) atoms. The van der Waals surface area contributed by atoms with Crippen LogP contribution < -0.4 is 9.47 Å². The smallest absolute Gasteiger partial charge is 0.319 e. The number of hydrogen-bond donors (Lipinski definition) is 0. The van der Waals surface area contributed by atoms with Crippen molar-refractivity contribution in [2.45, 2.75) is 20.8 Å². The number of methoxy groups -OCH3 is 2. The van der Waals surface area contributed by atoms with Gasteiger partial charge in [0.2, 0.25) is 0 Å². The quantitative estimate of drug-likeness (QED) is 0.458. The molecular formula is C15H19ClO5. The highest BCUT2D eigenvalue weighted by Gasteiger charge is 2.38. The number of ether oxygens (including phenoxy) is 3. The van der Waals surface area contributed by atoms with Crippen LogP contribution in [-0.4, -0.2) is 32.6 Å². The van der Waals surface area contributed by atoms with Gasteiger partial charge in [0.05, 0.1) is 25.8 Å². The molecular weight excluding hydrogens is 296 g/mol. The second-order valence-electron chi connectivity index (χ2n) is 4.87. The molecule has 0 aromatic heterocycles. The van der Waals surface area contributed by atoms with Gasteiger partial charge in [0.1, 0.15) is 5.41 Å². The van der Waals surface area contributed by atoms with Crippen molar-refractivity contribution in [3.05, 3.63) is 22.7 Å². The lowest BCUT2D eigenvalue weighted by Crippen LogP contribution is -2.35. The van der Waals surface area contributed by atoms with Crippen LogP contribution in [0.2, 0.25) is 5.02 Å². The van der Waals surface area contributed by atoms with Crippen LogP contribution in [0.4, 0.5) is 0 Å². The molecule has 1 aromatic rings. The lowest BCUT2D eigenvalue weighted by molar-refractivity contribution is -0.150. The number of carbonyl (C=O) groups is 2. The van der Waals surface area contributed by atoms with Gasteiger partial charge in [-0.3, -0.25) is 9.59 Å². The minimum atomic E-state index is -1.31. The van der Waals surface area contributed by atoms with Crippen molar-refractivity contribution in [1.82, 2.24) is 0 Å². The second-order valence-corrected chi connectivity index (χ2v) is 5.28. The number of rotatable bonds is 6. The molecule has 0 bridgehead atoms. The molecule has 5 nitrogen and oxygen atoms in total. The highest BCUT2D eigenvalue weighted by Crippen LogP contribution is 2.37. The van der Waals surface area contributed by atoms with Gasteiger partial charge in [-0.2, -0.15) is 0 Å². The van der Waals surface area contributed by atoms with E-state index in [1.165, 1.54) is 40.2 Å². The fourth-order valence-corrected chi connectivity index (χ4v) is 2.10. The zero-order valence-corrected chi connectivity index (χ0v) is 13.5. The summed E-state index contributed by atoms with van der Waals surface area (Å²) in [5.74, 6) is -0.317. The van der Waals surface area contributed by atoms with E-state index in [2.05, 4.69) is 0 Å². The Labute approximate surface area is 129 Å². The largest absolute Gasteiger partial charge is 0.493 e. The Morgan fingerprint density at radius 2 is 1.81 bits per heavy atom. The fraction of sp³-hybridized carbons (Fsp3) is 0.467. The van der Waals surface area contributed by atoms with Gasteiger partial charge in [0.15, 0.2) is 17.3 Å². The topological polar surface area (TPSA) is 61.8 Å². The summed E-state index contributed by atoms with van der Waals surface area (Å²) in [5.41, 5.74) is -1.05. The van der Waals surface area contributed by atoms with Crippen LogP contribution in [0.3, 0.4) is 0 Å². The first kappa shape index (κ1) is 17.3. The predicted octanol–water partition coefficient (Wildman–Crippen LogP) is 3.13. The van der Waals surface area contributed by atoms with Crippen LogP contribution in [0.25, 0.3) is 0 Å². The molecule has 0 atom stereocenters. The first-order valence-corrected chi connectivity index (χ1v) is 6.80. The molecule has 0 aliphatic heterocycles. The highest BCUT2D eigenvalue weighted by molar-refractivity contribution is 6.33. The molecule has 116 valence electrons. The van der Waals surface area contributed by atoms with E-state index in [1.807, 2.05) is 0 Å². The molecule has 0 saturated heterocycles. The molecule has 6 heteroatoms. The zero-order chi connectivity index (χ0) is 16.2. The molecule has 0 aliphatic rings. The second kappa shape index (κ2) is 6.80. The lowest BCUT2D eigenvalue weighted by atomic mass is 9.84. The Balaban J connectivity index is 3.25. The van der Waals surface area contributed by atoms with Gasteiger partial charge < -0.3 is 14.2 Å². The Morgan fingerprint density at radius 1 is 1.19 bits per heavy atom. The van der Waals surface area contributed by atoms with E-state index in [1.54, 1.807) is 6.92 Å². The summed E-state index contributed by atoms with van der Waals surface area (Å²) in [5, 5.41) is 0.236. The van der Waals surface area contributed by atoms with Crippen LogP contribution in [0.15, 0.2) is 12.1 Å². The van der Waals surface area contributed by atoms with Gasteiger partial charge in [0.25, 0.3) is 0 Å². The number of benzene rings is 1. The van der Waals surface area contributed by atoms with Gasteiger partial charge in [-0.25, -0.2) is 0 Å². The highest BCUT2D eigenvalue weighted by atomic mass is 35.5. The normalized spacial score (nSPS) is 11.0. The summed E-state index contributed by atoms with van der Waals surface area (Å²) < 4.78 is 15.2. The maximum Gasteiger partial charge on any atom is 0.319 e. The van der Waals surface area contributed by atoms with E-state index >= 15 is 0 Å². The molecule has 1 rings (SSSR count). The summed E-state index contributed by atoms with van der Waals surface area (Å²) >= 11 is 6.07. The van der Waals surface area contributed by atoms with E-state index in [4.69, 9.17) is 25.8 Å². The van der Waals surface area contributed by atoms with Crippen LogP contribution in [-0.2, 0) is 9.53 Å². The molecule has 0 fully saturated rings. The van der Waals surface area contributed by atoms with Gasteiger partial charge >= 0.3 is 5.97 Å². The lowest BCUT2D eigenvalue weighted by Gasteiger charge is -2.21. The fourth-order valence-electron chi connectivity index (χ4n) is 1.81. The number of hydrogen-bond acceptors (Lipinski definition) is 5. The van der Waals surface area contributed by atoms with Crippen molar-refractivity contribution in [2.75, 3.05) is 20.8 Å². The van der Waals surface area contributed by atoms with Crippen LogP contribution in [0.5, 0.6) is 11.5 Å². The average Bonchev–Trinajstić information content (AvgIpc) is 2.45. The number of ketones is 1. The maximum atomic E-state index is 12.5. The number of esters is 1. The third-order valence-corrected chi connectivity index (χ3v) is 3.33. The molecule has 1 aromatic carbocycles. The third-order valence-electron chi connectivity index (χ3n) is 3.05. The average molecular weight is 315 g/mol. The van der Waals surface area contributed by atoms with Crippen molar-refractivity contribution < 1.29 is 23.8 Å². The Hall–Kier alpha value is -1.75. The van der Waals surface area contributed by atoms with E-state index in [-0.39, 0.29) is 17.2 Å². The molecule has 0 unspecified atom stereocenters. The Bertz CT molecular complexity index is 551. The summed E-state index contributed by atoms with van der Waals surface area (Å²) in [6.07, 6.45) is 0. The first-order chi connectivity index (χ1) is 9.79. The van der Waals surface area contributed by atoms with Crippen molar-refractivity contribution in [3.63, 3.8) is 0 Å². The molecule has 0 spiro atoms. The molecule has 0 aliphatic carbocycles. The Morgan fingerprint density at radius 3 is 2.29 bits per heavy atom. The minimum absolute atomic E-state index is 0.211. The van der Waals surface area contributed by atoms with E-state index in [0.717, 1.165) is 0 Å². The van der Waals surface area contributed by atoms with Crippen LogP contribution in [0, 0.1) is 5.41 Å². The first-order valence-electron chi connectivity index (χ1n) is 6.43. The van der Waals surface area contributed by atoms with Gasteiger partial charge in [0, 0.05) is 5.56 Å². The minimum Gasteiger partial charge on any atom is -0.493 e. The summed E-state index contributed by atoms with van der Waals surface area (Å²) in [4.78, 5) is 24.5. The van der Waals surface area contributed by atoms with Crippen molar-refractivity contribution in [1.29, 1.82) is 0 Å². The standard InChI is InChI=1S/C15H19ClO5/c1-6-21-14(18)15(2,3)13(17)9-7-10(16)12(20-5)11(8-9)19-4/h7-8H,6H2,1-5H3. The van der Waals surface area contributed by atoms with E-state index < -0.39 is 17.2 Å². The molecule has 0 heterocycles. The summed E-state index contributed by atoms with van der Waals surface area (Å²) in [6, 6.07) is 2.94. The molecule has 0 amide bonds. The predicted molar refractivity (Wildman–Crippen MR) is 79.3 cm³/mol. The van der Waals surface area contributed by atoms with Crippen molar-refractivity contribution in [3.8, 4) is 11.5 Å². The maximum absolute atomic E-state index is 12.5. The van der Waals surface area contributed by atoms with Crippen LogP contribution >= 0.6 is 11.6 Å². The van der Waals surface area contributed by atoms with Crippen molar-refractivity contribution in [2.24, 2.45) is 5.41 Å². The molecule has 0 saturated carbocycles. The Kier molecular flexibility index (Phi) is 5.61. The van der Waals surface area contributed by atoms with Gasteiger partial charge in [-0.1, -0.05) is 11.6 Å². The third kappa shape index (κ3) is 3.47. The zero-order valence-electron chi connectivity index (χ0n) is 12.8. The molecule has 0 N–H and O–H groups in total. The summed E-state index contributed by atoms with van der Waals surface area (Å²) in [6.45, 7) is 4.92. The van der Waals surface area contributed by atoms with Crippen molar-refractivity contribution >= 4 is 23.4 Å². The van der Waals surface area contributed by atoms with Gasteiger partial charge in [-0.05, 0) is 32.9 Å².